The predicted octanol–water partition coefficient (Wildman–Crippen LogP) is 5.60. The van der Waals surface area contributed by atoms with Crippen LogP contribution in [0.5, 0.6) is 5.75 Å². The highest BCUT2D eigenvalue weighted by Gasteiger charge is 2.15. The molecule has 2 rings (SSSR count). The third-order valence-electron chi connectivity index (χ3n) is 4.68. The Kier molecular flexibility index (Phi) is 7.73. The minimum absolute atomic E-state index is 0.101. The van der Waals surface area contributed by atoms with Gasteiger partial charge in [-0.15, -0.1) is 0 Å². The Hall–Kier alpha value is -2.00. The molecule has 0 fully saturated rings. The molecule has 0 saturated carbocycles. The number of hydrogen-bond acceptors (Lipinski definition) is 2. The molecule has 0 aromatic heterocycles. The van der Waals surface area contributed by atoms with Crippen LogP contribution >= 0.6 is 11.6 Å². The van der Waals surface area contributed by atoms with Gasteiger partial charge in [0.05, 0.1) is 0 Å². The van der Waals surface area contributed by atoms with Crippen molar-refractivity contribution in [3.8, 4) is 5.75 Å². The van der Waals surface area contributed by atoms with E-state index >= 15 is 0 Å². The summed E-state index contributed by atoms with van der Waals surface area (Å²) < 4.78 is 5.77. The fourth-order valence-electron chi connectivity index (χ4n) is 2.95. The van der Waals surface area contributed by atoms with Crippen LogP contribution in [0.2, 0.25) is 5.02 Å². The molecular weight excluding hydrogens is 358 g/mol. The fourth-order valence-corrected chi connectivity index (χ4v) is 3.06. The van der Waals surface area contributed by atoms with Crippen LogP contribution in [0, 0.1) is 13.8 Å². The van der Waals surface area contributed by atoms with Crippen molar-refractivity contribution in [2.75, 3.05) is 6.54 Å². The highest BCUT2D eigenvalue weighted by molar-refractivity contribution is 6.32. The van der Waals surface area contributed by atoms with E-state index in [0.717, 1.165) is 29.0 Å². The number of halogens is 1. The van der Waals surface area contributed by atoms with E-state index in [0.29, 0.717) is 18.2 Å². The number of hydrogen-bond donors (Lipinski definition) is 1. The van der Waals surface area contributed by atoms with E-state index in [1.807, 2.05) is 26.0 Å². The van der Waals surface area contributed by atoms with Gasteiger partial charge in [0.2, 0.25) is 0 Å². The van der Waals surface area contributed by atoms with E-state index in [1.54, 1.807) is 6.92 Å². The number of carbonyl (C=O) groups excluding carboxylic acids is 1. The van der Waals surface area contributed by atoms with Crippen molar-refractivity contribution in [2.24, 2.45) is 0 Å². The van der Waals surface area contributed by atoms with Gasteiger partial charge in [-0.05, 0) is 73.9 Å². The Balaban J connectivity index is 1.76. The number of carbonyl (C=O) groups is 1. The molecular formula is C23H30ClNO2. The van der Waals surface area contributed by atoms with Crippen LogP contribution in [0.4, 0.5) is 0 Å². The summed E-state index contributed by atoms with van der Waals surface area (Å²) in [5, 5.41) is 3.69. The number of nitrogens with one attached hydrogen (secondary N) is 1. The van der Waals surface area contributed by atoms with Gasteiger partial charge in [-0.3, -0.25) is 4.79 Å². The summed E-state index contributed by atoms with van der Waals surface area (Å²) in [6, 6.07) is 12.4. The molecule has 1 unspecified atom stereocenters. The lowest BCUT2D eigenvalue weighted by atomic mass is 10.0. The highest BCUT2D eigenvalue weighted by Crippen LogP contribution is 2.26. The lowest BCUT2D eigenvalue weighted by Gasteiger charge is -2.16. The van der Waals surface area contributed by atoms with Crippen LogP contribution in [-0.2, 0) is 11.2 Å². The van der Waals surface area contributed by atoms with Crippen molar-refractivity contribution in [1.82, 2.24) is 5.32 Å². The second-order valence-electron chi connectivity index (χ2n) is 7.42. The maximum Gasteiger partial charge on any atom is 0.260 e. The van der Waals surface area contributed by atoms with Crippen LogP contribution in [0.3, 0.4) is 0 Å². The minimum Gasteiger partial charge on any atom is -0.481 e. The molecule has 1 N–H and O–H groups in total. The zero-order chi connectivity index (χ0) is 20.0. The van der Waals surface area contributed by atoms with Crippen molar-refractivity contribution in [2.45, 2.75) is 59.5 Å². The maximum absolute atomic E-state index is 12.3. The van der Waals surface area contributed by atoms with Gasteiger partial charge in [-0.25, -0.2) is 0 Å². The summed E-state index contributed by atoms with van der Waals surface area (Å²) in [5.41, 5.74) is 4.54. The highest BCUT2D eigenvalue weighted by atomic mass is 35.5. The van der Waals surface area contributed by atoms with Crippen molar-refractivity contribution >= 4 is 17.5 Å². The normalized spacial score (nSPS) is 12.1. The molecule has 0 heterocycles. The second-order valence-corrected chi connectivity index (χ2v) is 7.80. The summed E-state index contributed by atoms with van der Waals surface area (Å²) in [6.45, 7) is 10.7. The average Bonchev–Trinajstić information content (AvgIpc) is 2.63. The second kappa shape index (κ2) is 9.80. The number of rotatable bonds is 8. The molecule has 2 aromatic carbocycles. The van der Waals surface area contributed by atoms with E-state index in [1.165, 1.54) is 11.1 Å². The molecule has 1 amide bonds. The predicted molar refractivity (Wildman–Crippen MR) is 113 cm³/mol. The van der Waals surface area contributed by atoms with Gasteiger partial charge < -0.3 is 10.1 Å². The molecule has 0 aliphatic rings. The van der Waals surface area contributed by atoms with Gasteiger partial charge in [0, 0.05) is 11.6 Å². The van der Waals surface area contributed by atoms with Crippen LogP contribution < -0.4 is 10.1 Å². The Bertz CT molecular complexity index is 745. The van der Waals surface area contributed by atoms with E-state index in [2.05, 4.69) is 43.4 Å². The van der Waals surface area contributed by atoms with Crippen molar-refractivity contribution in [3.63, 3.8) is 0 Å². The molecule has 146 valence electrons. The summed E-state index contributed by atoms with van der Waals surface area (Å²) >= 11 is 6.17. The van der Waals surface area contributed by atoms with Crippen LogP contribution in [0.25, 0.3) is 0 Å². The smallest absolute Gasteiger partial charge is 0.260 e. The van der Waals surface area contributed by atoms with Gasteiger partial charge in [-0.2, -0.15) is 0 Å². The molecule has 4 heteroatoms. The van der Waals surface area contributed by atoms with E-state index < -0.39 is 6.10 Å². The topological polar surface area (TPSA) is 38.3 Å². The van der Waals surface area contributed by atoms with Crippen molar-refractivity contribution in [3.05, 3.63) is 63.7 Å². The summed E-state index contributed by atoms with van der Waals surface area (Å²) in [7, 11) is 0. The molecule has 1 atom stereocenters. The first-order valence-corrected chi connectivity index (χ1v) is 9.95. The lowest BCUT2D eigenvalue weighted by Crippen LogP contribution is -2.37. The fraction of sp³-hybridized carbons (Fsp3) is 0.435. The quantitative estimate of drug-likeness (QED) is 0.599. The number of benzene rings is 2. The van der Waals surface area contributed by atoms with Crippen LogP contribution in [0.1, 0.15) is 55.4 Å². The molecule has 0 radical (unpaired) electrons. The molecule has 2 aromatic rings. The molecule has 0 spiro atoms. The monoisotopic (exact) mass is 387 g/mol. The Morgan fingerprint density at radius 3 is 2.22 bits per heavy atom. The molecule has 0 bridgehead atoms. The van der Waals surface area contributed by atoms with Gasteiger partial charge in [0.25, 0.3) is 5.91 Å². The first-order chi connectivity index (χ1) is 12.8. The standard InChI is InChI=1S/C23H30ClNO2/c1-15(2)20-10-8-19(9-11-20)7-6-12-25-23(26)18(5)27-21-13-16(3)22(24)17(4)14-21/h8-11,13-15,18H,6-7,12H2,1-5H3,(H,25,26). The Labute approximate surface area is 168 Å². The van der Waals surface area contributed by atoms with Crippen molar-refractivity contribution in [1.29, 1.82) is 0 Å². The first kappa shape index (κ1) is 21.3. The SMILES string of the molecule is Cc1cc(OC(C)C(=O)NCCCc2ccc(C(C)C)cc2)cc(C)c1Cl. The zero-order valence-corrected chi connectivity index (χ0v) is 17.7. The van der Waals surface area contributed by atoms with Gasteiger partial charge >= 0.3 is 0 Å². The minimum atomic E-state index is -0.546. The van der Waals surface area contributed by atoms with Gasteiger partial charge in [-0.1, -0.05) is 49.7 Å². The van der Waals surface area contributed by atoms with E-state index in [-0.39, 0.29) is 5.91 Å². The molecule has 0 aliphatic carbocycles. The molecule has 0 saturated heterocycles. The molecule has 0 aliphatic heterocycles. The van der Waals surface area contributed by atoms with Crippen molar-refractivity contribution < 1.29 is 9.53 Å². The first-order valence-electron chi connectivity index (χ1n) is 9.58. The third kappa shape index (κ3) is 6.28. The molecule has 3 nitrogen and oxygen atoms in total. The number of amides is 1. The maximum atomic E-state index is 12.3. The van der Waals surface area contributed by atoms with Gasteiger partial charge in [0.1, 0.15) is 5.75 Å². The largest absolute Gasteiger partial charge is 0.481 e. The lowest BCUT2D eigenvalue weighted by molar-refractivity contribution is -0.127. The van der Waals surface area contributed by atoms with Crippen LogP contribution in [0.15, 0.2) is 36.4 Å². The van der Waals surface area contributed by atoms with Crippen LogP contribution in [-0.4, -0.2) is 18.6 Å². The Morgan fingerprint density at radius 1 is 1.07 bits per heavy atom. The Morgan fingerprint density at radius 2 is 1.67 bits per heavy atom. The number of aryl methyl sites for hydroxylation is 3. The zero-order valence-electron chi connectivity index (χ0n) is 16.9. The summed E-state index contributed by atoms with van der Waals surface area (Å²) in [4.78, 5) is 12.3. The molecule has 27 heavy (non-hydrogen) atoms. The van der Waals surface area contributed by atoms with E-state index in [9.17, 15) is 4.79 Å². The van der Waals surface area contributed by atoms with Gasteiger partial charge in [0.15, 0.2) is 6.10 Å². The summed E-state index contributed by atoms with van der Waals surface area (Å²) in [5.74, 6) is 1.12. The van der Waals surface area contributed by atoms with E-state index in [4.69, 9.17) is 16.3 Å². The summed E-state index contributed by atoms with van der Waals surface area (Å²) in [6.07, 6.45) is 1.30. The number of ether oxygens (including phenoxy) is 1. The average molecular weight is 388 g/mol. The third-order valence-corrected chi connectivity index (χ3v) is 5.28.